The van der Waals surface area contributed by atoms with E-state index in [1.54, 1.807) is 24.3 Å². The number of carbonyl (C=O) groups excluding carboxylic acids is 3. The van der Waals surface area contributed by atoms with Gasteiger partial charge in [0.25, 0.3) is 5.91 Å². The fourth-order valence-electron chi connectivity index (χ4n) is 4.11. The van der Waals surface area contributed by atoms with Gasteiger partial charge in [-0.1, -0.05) is 0 Å². The number of aryl methyl sites for hydroxylation is 1. The Kier molecular flexibility index (Phi) is 9.30. The Morgan fingerprint density at radius 3 is 2.29 bits per heavy atom. The fraction of sp³-hybridized carbons (Fsp3) is 0.400. The first-order valence-electron chi connectivity index (χ1n) is 12.1. The van der Waals surface area contributed by atoms with Crippen LogP contribution in [-0.2, 0) is 32.0 Å². The summed E-state index contributed by atoms with van der Waals surface area (Å²) in [4.78, 5) is 66.3. The number of carbonyl (C=O) groups is 5. The van der Waals surface area contributed by atoms with Crippen LogP contribution in [-0.4, -0.2) is 62.4 Å². The molecule has 202 valence electrons. The van der Waals surface area contributed by atoms with E-state index in [1.807, 2.05) is 0 Å². The highest BCUT2D eigenvalue weighted by molar-refractivity contribution is 5.97. The van der Waals surface area contributed by atoms with E-state index in [4.69, 9.17) is 5.11 Å². The van der Waals surface area contributed by atoms with Crippen LogP contribution in [0.5, 0.6) is 0 Å². The van der Waals surface area contributed by atoms with Gasteiger partial charge in [0.1, 0.15) is 11.9 Å². The molecule has 2 atom stereocenters. The van der Waals surface area contributed by atoms with Crippen molar-refractivity contribution in [2.24, 2.45) is 5.92 Å². The van der Waals surface area contributed by atoms with Crippen molar-refractivity contribution in [2.75, 3.05) is 22.5 Å². The predicted molar refractivity (Wildman–Crippen MR) is 137 cm³/mol. The Bertz CT molecular complexity index is 1230. The summed E-state index contributed by atoms with van der Waals surface area (Å²) in [6.07, 6.45) is 1.49. The number of carboxylic acid groups (broad SMARTS) is 2. The van der Waals surface area contributed by atoms with Gasteiger partial charge >= 0.3 is 11.9 Å². The van der Waals surface area contributed by atoms with Gasteiger partial charge in [0.05, 0.1) is 5.69 Å². The van der Waals surface area contributed by atoms with Crippen LogP contribution in [0.4, 0.5) is 17.5 Å². The first-order chi connectivity index (χ1) is 18.0. The monoisotopic (exact) mass is 526 g/mol. The van der Waals surface area contributed by atoms with E-state index in [0.29, 0.717) is 25.2 Å². The van der Waals surface area contributed by atoms with E-state index in [1.165, 1.54) is 13.8 Å². The number of hydrogen-bond acceptors (Lipinski definition) is 8. The number of anilines is 3. The van der Waals surface area contributed by atoms with Gasteiger partial charge in [0.15, 0.2) is 0 Å². The van der Waals surface area contributed by atoms with Crippen molar-refractivity contribution in [3.63, 3.8) is 0 Å². The average molecular weight is 527 g/mol. The molecule has 38 heavy (non-hydrogen) atoms. The summed E-state index contributed by atoms with van der Waals surface area (Å²) in [5.74, 6) is -2.89. The summed E-state index contributed by atoms with van der Waals surface area (Å²) in [6, 6.07) is 5.20. The van der Waals surface area contributed by atoms with Crippen molar-refractivity contribution in [3.8, 4) is 0 Å². The second-order valence-corrected chi connectivity index (χ2v) is 9.05. The number of nitrogens with one attached hydrogen (secondary N) is 4. The Morgan fingerprint density at radius 2 is 1.68 bits per heavy atom. The Hall–Kier alpha value is -4.55. The van der Waals surface area contributed by atoms with Crippen LogP contribution in [0.2, 0.25) is 0 Å². The molecule has 2 aromatic rings. The molecule has 13 nitrogen and oxygen atoms in total. The SMILES string of the molecule is CC(=O)Nc1nc2c(c(NC(C)=O)n1)CC(CNc1ccc(C(=O)NC(CCC(=O)O)C(=O)O)cc1)CC2. The molecule has 0 bridgehead atoms. The van der Waals surface area contributed by atoms with Crippen molar-refractivity contribution in [1.29, 1.82) is 0 Å². The van der Waals surface area contributed by atoms with Gasteiger partial charge in [-0.05, 0) is 55.9 Å². The van der Waals surface area contributed by atoms with E-state index in [2.05, 4.69) is 31.2 Å². The second kappa shape index (κ2) is 12.6. The lowest BCUT2D eigenvalue weighted by Crippen LogP contribution is -2.41. The van der Waals surface area contributed by atoms with Crippen LogP contribution >= 0.6 is 0 Å². The minimum absolute atomic E-state index is 0.150. The molecule has 1 aliphatic rings. The first-order valence-corrected chi connectivity index (χ1v) is 12.1. The third kappa shape index (κ3) is 7.98. The van der Waals surface area contributed by atoms with Gasteiger partial charge in [-0.25, -0.2) is 9.78 Å². The molecule has 0 saturated heterocycles. The van der Waals surface area contributed by atoms with E-state index >= 15 is 0 Å². The van der Waals surface area contributed by atoms with Crippen molar-refractivity contribution in [3.05, 3.63) is 41.1 Å². The van der Waals surface area contributed by atoms with Crippen molar-refractivity contribution in [2.45, 2.75) is 52.0 Å². The number of hydrogen-bond donors (Lipinski definition) is 6. The fourth-order valence-corrected chi connectivity index (χ4v) is 4.11. The molecule has 3 amide bonds. The summed E-state index contributed by atoms with van der Waals surface area (Å²) >= 11 is 0. The minimum Gasteiger partial charge on any atom is -0.481 e. The topological polar surface area (TPSA) is 200 Å². The van der Waals surface area contributed by atoms with Crippen molar-refractivity contribution >= 4 is 47.1 Å². The number of amides is 3. The van der Waals surface area contributed by atoms with Gasteiger partial charge in [-0.3, -0.25) is 24.5 Å². The van der Waals surface area contributed by atoms with Gasteiger partial charge in [-0.15, -0.1) is 0 Å². The molecule has 2 unspecified atom stereocenters. The summed E-state index contributed by atoms with van der Waals surface area (Å²) in [6.45, 7) is 3.35. The van der Waals surface area contributed by atoms with Crippen LogP contribution in [0.15, 0.2) is 24.3 Å². The highest BCUT2D eigenvalue weighted by Crippen LogP contribution is 2.30. The Balaban J connectivity index is 1.61. The summed E-state index contributed by atoms with van der Waals surface area (Å²) in [5, 5.41) is 28.9. The lowest BCUT2D eigenvalue weighted by molar-refractivity contribution is -0.140. The molecule has 0 aliphatic heterocycles. The number of rotatable bonds is 11. The number of carboxylic acids is 2. The lowest BCUT2D eigenvalue weighted by atomic mass is 9.86. The van der Waals surface area contributed by atoms with Crippen LogP contribution in [0, 0.1) is 5.92 Å². The number of benzene rings is 1. The van der Waals surface area contributed by atoms with Gasteiger partial charge in [0.2, 0.25) is 17.8 Å². The molecule has 3 rings (SSSR count). The number of aromatic nitrogens is 2. The first kappa shape index (κ1) is 28.0. The number of nitrogens with zero attached hydrogens (tertiary/aromatic N) is 2. The lowest BCUT2D eigenvalue weighted by Gasteiger charge is -2.26. The summed E-state index contributed by atoms with van der Waals surface area (Å²) in [7, 11) is 0. The molecule has 0 fully saturated rings. The van der Waals surface area contributed by atoms with E-state index in [9.17, 15) is 29.1 Å². The smallest absolute Gasteiger partial charge is 0.326 e. The Morgan fingerprint density at radius 1 is 1.00 bits per heavy atom. The maximum Gasteiger partial charge on any atom is 0.326 e. The standard InChI is InChI=1S/C25H30N6O7/c1-13(32)27-22-18-11-15(3-8-19(18)30-25(31-22)28-14(2)33)12-26-17-6-4-16(5-7-17)23(36)29-20(24(37)38)9-10-21(34)35/h4-7,15,20,26H,3,8-12H2,1-2H3,(H,29,36)(H,34,35)(H,37,38)(H2,27,28,30,31,32,33). The predicted octanol–water partition coefficient (Wildman–Crippen LogP) is 1.66. The molecule has 0 radical (unpaired) electrons. The zero-order valence-corrected chi connectivity index (χ0v) is 21.0. The molecule has 1 heterocycles. The normalized spacial score (nSPS) is 14.9. The molecule has 1 aliphatic carbocycles. The van der Waals surface area contributed by atoms with E-state index in [0.717, 1.165) is 23.4 Å². The molecule has 6 N–H and O–H groups in total. The van der Waals surface area contributed by atoms with E-state index in [-0.39, 0.29) is 42.1 Å². The largest absolute Gasteiger partial charge is 0.481 e. The van der Waals surface area contributed by atoms with Gasteiger partial charge < -0.3 is 26.2 Å². The number of fused-ring (bicyclic) bond motifs is 1. The van der Waals surface area contributed by atoms with Crippen LogP contribution < -0.4 is 21.3 Å². The third-order valence-corrected chi connectivity index (χ3v) is 5.95. The molecular weight excluding hydrogens is 496 g/mol. The zero-order chi connectivity index (χ0) is 27.8. The quantitative estimate of drug-likeness (QED) is 0.250. The second-order valence-electron chi connectivity index (χ2n) is 9.05. The average Bonchev–Trinajstić information content (AvgIpc) is 2.84. The third-order valence-electron chi connectivity index (χ3n) is 5.95. The zero-order valence-electron chi connectivity index (χ0n) is 21.0. The highest BCUT2D eigenvalue weighted by Gasteiger charge is 2.25. The molecule has 0 spiro atoms. The number of aliphatic carboxylic acids is 2. The van der Waals surface area contributed by atoms with Gasteiger partial charge in [0, 0.05) is 43.6 Å². The molecule has 13 heteroatoms. The van der Waals surface area contributed by atoms with E-state index < -0.39 is 23.9 Å². The maximum absolute atomic E-state index is 12.4. The Labute approximate surface area is 218 Å². The molecule has 1 aromatic carbocycles. The highest BCUT2D eigenvalue weighted by atomic mass is 16.4. The van der Waals surface area contributed by atoms with Gasteiger partial charge in [-0.2, -0.15) is 4.98 Å². The van der Waals surface area contributed by atoms with Crippen LogP contribution in [0.3, 0.4) is 0 Å². The maximum atomic E-state index is 12.4. The van der Waals surface area contributed by atoms with Crippen LogP contribution in [0.25, 0.3) is 0 Å². The molecule has 0 saturated carbocycles. The van der Waals surface area contributed by atoms with Crippen molar-refractivity contribution < 1.29 is 34.2 Å². The summed E-state index contributed by atoms with van der Waals surface area (Å²) in [5.41, 5.74) is 2.61. The molecular formula is C25H30N6O7. The summed E-state index contributed by atoms with van der Waals surface area (Å²) < 4.78 is 0. The minimum atomic E-state index is -1.30. The van der Waals surface area contributed by atoms with Crippen LogP contribution in [0.1, 0.15) is 54.7 Å². The van der Waals surface area contributed by atoms with Crippen molar-refractivity contribution in [1.82, 2.24) is 15.3 Å². The molecule has 1 aromatic heterocycles.